The highest BCUT2D eigenvalue weighted by Gasteiger charge is 2.01. The number of unbranched alkanes of at least 4 members (excludes halogenated alkanes) is 5. The van der Waals surface area contributed by atoms with Crippen molar-refractivity contribution in [2.75, 3.05) is 20.3 Å². The molecule has 0 radical (unpaired) electrons. The molecular weight excluding hydrogens is 204 g/mol. The first-order chi connectivity index (χ1) is 7.81. The van der Waals surface area contributed by atoms with Gasteiger partial charge in [0, 0.05) is 20.1 Å². The van der Waals surface area contributed by atoms with Crippen LogP contribution in [0.4, 0.5) is 0 Å². The number of hydrogen-bond acceptors (Lipinski definition) is 3. The van der Waals surface area contributed by atoms with Crippen molar-refractivity contribution in [1.82, 2.24) is 0 Å². The van der Waals surface area contributed by atoms with Crippen LogP contribution >= 0.6 is 0 Å². The van der Waals surface area contributed by atoms with Crippen molar-refractivity contribution < 1.29 is 14.3 Å². The second-order valence-electron chi connectivity index (χ2n) is 4.08. The van der Waals surface area contributed by atoms with E-state index in [0.717, 1.165) is 12.8 Å². The van der Waals surface area contributed by atoms with Crippen LogP contribution in [0, 0.1) is 0 Å². The predicted octanol–water partition coefficient (Wildman–Crippen LogP) is 3.32. The fourth-order valence-corrected chi connectivity index (χ4v) is 1.50. The molecule has 0 aromatic carbocycles. The Morgan fingerprint density at radius 2 is 1.62 bits per heavy atom. The molecule has 0 atom stereocenters. The maximum Gasteiger partial charge on any atom is 0.305 e. The number of carbonyl (C=O) groups excluding carboxylic acids is 1. The minimum atomic E-state index is -0.0920. The highest BCUT2D eigenvalue weighted by atomic mass is 16.5. The smallest absolute Gasteiger partial charge is 0.305 e. The lowest BCUT2D eigenvalue weighted by Crippen LogP contribution is -2.06. The van der Waals surface area contributed by atoms with Crippen molar-refractivity contribution in [2.45, 2.75) is 58.3 Å². The van der Waals surface area contributed by atoms with E-state index in [9.17, 15) is 4.79 Å². The molecule has 0 aromatic heterocycles. The van der Waals surface area contributed by atoms with Gasteiger partial charge in [-0.1, -0.05) is 39.0 Å². The standard InChI is InChI=1S/C13H26O3/c1-3-4-5-6-7-8-12-16-13(14)10-9-11-15-2/h3-12H2,1-2H3. The normalized spacial score (nSPS) is 10.4. The summed E-state index contributed by atoms with van der Waals surface area (Å²) < 4.78 is 9.97. The second kappa shape index (κ2) is 12.5. The Labute approximate surface area is 99.5 Å². The molecule has 0 aliphatic heterocycles. The van der Waals surface area contributed by atoms with Crippen LogP contribution in [0.3, 0.4) is 0 Å². The highest BCUT2D eigenvalue weighted by Crippen LogP contribution is 2.05. The van der Waals surface area contributed by atoms with Crippen LogP contribution in [0.15, 0.2) is 0 Å². The molecule has 0 saturated carbocycles. The third-order valence-corrected chi connectivity index (χ3v) is 2.49. The summed E-state index contributed by atoms with van der Waals surface area (Å²) in [6.07, 6.45) is 8.55. The first-order valence-corrected chi connectivity index (χ1v) is 6.45. The van der Waals surface area contributed by atoms with E-state index in [4.69, 9.17) is 9.47 Å². The Kier molecular flexibility index (Phi) is 12.1. The number of carbonyl (C=O) groups is 1. The molecular formula is C13H26O3. The molecule has 0 heterocycles. The lowest BCUT2D eigenvalue weighted by Gasteiger charge is -2.04. The zero-order valence-corrected chi connectivity index (χ0v) is 10.8. The Morgan fingerprint density at radius 3 is 2.31 bits per heavy atom. The van der Waals surface area contributed by atoms with Gasteiger partial charge in [-0.15, -0.1) is 0 Å². The third-order valence-electron chi connectivity index (χ3n) is 2.49. The summed E-state index contributed by atoms with van der Waals surface area (Å²) in [4.78, 5) is 11.2. The minimum absolute atomic E-state index is 0.0920. The van der Waals surface area contributed by atoms with Crippen LogP contribution in [-0.2, 0) is 14.3 Å². The van der Waals surface area contributed by atoms with Crippen molar-refractivity contribution in [3.05, 3.63) is 0 Å². The van der Waals surface area contributed by atoms with Crippen LogP contribution in [0.1, 0.15) is 58.3 Å². The molecule has 16 heavy (non-hydrogen) atoms. The minimum Gasteiger partial charge on any atom is -0.466 e. The number of esters is 1. The Bertz CT molecular complexity index is 157. The van der Waals surface area contributed by atoms with Gasteiger partial charge in [0.15, 0.2) is 0 Å². The van der Waals surface area contributed by atoms with E-state index in [-0.39, 0.29) is 5.97 Å². The lowest BCUT2D eigenvalue weighted by atomic mass is 10.1. The average Bonchev–Trinajstić information content (AvgIpc) is 2.28. The molecule has 0 unspecified atom stereocenters. The van der Waals surface area contributed by atoms with Crippen molar-refractivity contribution >= 4 is 5.97 Å². The molecule has 0 fully saturated rings. The zero-order chi connectivity index (χ0) is 12.1. The van der Waals surface area contributed by atoms with Crippen LogP contribution in [0.25, 0.3) is 0 Å². The van der Waals surface area contributed by atoms with Gasteiger partial charge in [-0.05, 0) is 12.8 Å². The van der Waals surface area contributed by atoms with E-state index in [1.807, 2.05) is 0 Å². The summed E-state index contributed by atoms with van der Waals surface area (Å²) in [5, 5.41) is 0. The van der Waals surface area contributed by atoms with Crippen molar-refractivity contribution in [3.8, 4) is 0 Å². The van der Waals surface area contributed by atoms with E-state index in [1.165, 1.54) is 32.1 Å². The van der Waals surface area contributed by atoms with Gasteiger partial charge in [-0.2, -0.15) is 0 Å². The molecule has 0 aliphatic carbocycles. The van der Waals surface area contributed by atoms with E-state index in [0.29, 0.717) is 19.6 Å². The van der Waals surface area contributed by atoms with E-state index in [1.54, 1.807) is 7.11 Å². The number of methoxy groups -OCH3 is 1. The van der Waals surface area contributed by atoms with Crippen LogP contribution < -0.4 is 0 Å². The van der Waals surface area contributed by atoms with Gasteiger partial charge in [-0.25, -0.2) is 0 Å². The highest BCUT2D eigenvalue weighted by molar-refractivity contribution is 5.69. The first-order valence-electron chi connectivity index (χ1n) is 6.45. The molecule has 0 N–H and O–H groups in total. The molecule has 0 amide bonds. The van der Waals surface area contributed by atoms with Gasteiger partial charge < -0.3 is 9.47 Å². The predicted molar refractivity (Wildman–Crippen MR) is 65.4 cm³/mol. The van der Waals surface area contributed by atoms with E-state index >= 15 is 0 Å². The number of hydrogen-bond donors (Lipinski definition) is 0. The molecule has 0 spiro atoms. The Morgan fingerprint density at radius 1 is 0.938 bits per heavy atom. The zero-order valence-electron chi connectivity index (χ0n) is 10.8. The van der Waals surface area contributed by atoms with Gasteiger partial charge in [0.2, 0.25) is 0 Å². The van der Waals surface area contributed by atoms with Crippen LogP contribution in [0.2, 0.25) is 0 Å². The van der Waals surface area contributed by atoms with Gasteiger partial charge in [-0.3, -0.25) is 4.79 Å². The van der Waals surface area contributed by atoms with Gasteiger partial charge >= 0.3 is 5.97 Å². The van der Waals surface area contributed by atoms with Gasteiger partial charge in [0.25, 0.3) is 0 Å². The molecule has 0 rings (SSSR count). The maximum atomic E-state index is 11.2. The fraction of sp³-hybridized carbons (Fsp3) is 0.923. The summed E-state index contributed by atoms with van der Waals surface area (Å²) in [6, 6.07) is 0. The summed E-state index contributed by atoms with van der Waals surface area (Å²) in [6.45, 7) is 3.42. The quantitative estimate of drug-likeness (QED) is 0.403. The summed E-state index contributed by atoms with van der Waals surface area (Å²) >= 11 is 0. The van der Waals surface area contributed by atoms with E-state index in [2.05, 4.69) is 6.92 Å². The largest absolute Gasteiger partial charge is 0.466 e. The van der Waals surface area contributed by atoms with Crippen LogP contribution in [0.5, 0.6) is 0 Å². The lowest BCUT2D eigenvalue weighted by molar-refractivity contribution is -0.144. The van der Waals surface area contributed by atoms with Crippen molar-refractivity contribution in [2.24, 2.45) is 0 Å². The Balaban J connectivity index is 3.09. The molecule has 96 valence electrons. The SMILES string of the molecule is CCCCCCCCOC(=O)CCCOC. The van der Waals surface area contributed by atoms with Gasteiger partial charge in [0.1, 0.15) is 0 Å². The molecule has 0 aliphatic rings. The van der Waals surface area contributed by atoms with Crippen LogP contribution in [-0.4, -0.2) is 26.3 Å². The fourth-order valence-electron chi connectivity index (χ4n) is 1.50. The number of ether oxygens (including phenoxy) is 2. The average molecular weight is 230 g/mol. The monoisotopic (exact) mass is 230 g/mol. The molecule has 0 aromatic rings. The summed E-state index contributed by atoms with van der Waals surface area (Å²) in [5.74, 6) is -0.0920. The van der Waals surface area contributed by atoms with E-state index < -0.39 is 0 Å². The molecule has 0 bridgehead atoms. The summed E-state index contributed by atoms with van der Waals surface area (Å²) in [5.41, 5.74) is 0. The molecule has 0 saturated heterocycles. The van der Waals surface area contributed by atoms with Crippen molar-refractivity contribution in [3.63, 3.8) is 0 Å². The first kappa shape index (κ1) is 15.4. The van der Waals surface area contributed by atoms with Gasteiger partial charge in [0.05, 0.1) is 6.61 Å². The number of rotatable bonds is 11. The maximum absolute atomic E-state index is 11.2. The van der Waals surface area contributed by atoms with Crippen molar-refractivity contribution in [1.29, 1.82) is 0 Å². The third kappa shape index (κ3) is 11.5. The summed E-state index contributed by atoms with van der Waals surface area (Å²) in [7, 11) is 1.64. The second-order valence-corrected chi connectivity index (χ2v) is 4.08. The topological polar surface area (TPSA) is 35.5 Å². The molecule has 3 heteroatoms. The Hall–Kier alpha value is -0.570. The molecule has 3 nitrogen and oxygen atoms in total.